The lowest BCUT2D eigenvalue weighted by Crippen LogP contribution is -2.38. The number of halogens is 1. The van der Waals surface area contributed by atoms with Crippen LogP contribution in [0.25, 0.3) is 0 Å². The first-order chi connectivity index (χ1) is 9.65. The third kappa shape index (κ3) is 4.95. The molecule has 1 saturated carbocycles. The minimum absolute atomic E-state index is 0.510. The largest absolute Gasteiger partial charge is 0.360 e. The van der Waals surface area contributed by atoms with Crippen molar-refractivity contribution < 1.29 is 0 Å². The van der Waals surface area contributed by atoms with E-state index in [0.717, 1.165) is 16.3 Å². The Balaban J connectivity index is 1.85. The molecule has 1 aromatic carbocycles. The van der Waals surface area contributed by atoms with Gasteiger partial charge in [-0.25, -0.2) is 0 Å². The molecule has 20 heavy (non-hydrogen) atoms. The van der Waals surface area contributed by atoms with Crippen LogP contribution in [0, 0.1) is 6.92 Å². The molecule has 0 atom stereocenters. The zero-order valence-electron chi connectivity index (χ0n) is 12.0. The average Bonchev–Trinajstić information content (AvgIpc) is 2.37. The Hall–Kier alpha value is -0.800. The number of thiocarbonyl (C=S) groups is 1. The number of hydrogen-bond donors (Lipinski definition) is 2. The molecule has 0 heterocycles. The summed E-state index contributed by atoms with van der Waals surface area (Å²) in [6, 6.07) is 6.44. The summed E-state index contributed by atoms with van der Waals surface area (Å²) < 4.78 is 0. The molecule has 0 spiro atoms. The fourth-order valence-corrected chi connectivity index (χ4v) is 3.09. The molecule has 2 rings (SSSR count). The third-order valence-electron chi connectivity index (χ3n) is 3.87. The van der Waals surface area contributed by atoms with E-state index in [-0.39, 0.29) is 0 Å². The van der Waals surface area contributed by atoms with Gasteiger partial charge < -0.3 is 10.6 Å². The topological polar surface area (TPSA) is 24.1 Å². The maximum atomic E-state index is 6.13. The molecule has 0 amide bonds. The van der Waals surface area contributed by atoms with Crippen LogP contribution in [0.1, 0.15) is 50.5 Å². The second-order valence-electron chi connectivity index (χ2n) is 5.60. The number of nitrogens with one attached hydrogen (secondary N) is 2. The Kier molecular flexibility index (Phi) is 6.11. The monoisotopic (exact) mass is 310 g/mol. The van der Waals surface area contributed by atoms with Crippen molar-refractivity contribution in [3.8, 4) is 0 Å². The van der Waals surface area contributed by atoms with Gasteiger partial charge in [0.1, 0.15) is 0 Å². The van der Waals surface area contributed by atoms with Crippen LogP contribution >= 0.6 is 23.8 Å². The van der Waals surface area contributed by atoms with Crippen LogP contribution < -0.4 is 10.6 Å². The smallest absolute Gasteiger partial charge is 0.170 e. The summed E-state index contributed by atoms with van der Waals surface area (Å²) in [5.74, 6) is 0. The van der Waals surface area contributed by atoms with Crippen molar-refractivity contribution in [2.24, 2.45) is 0 Å². The van der Waals surface area contributed by atoms with Crippen molar-refractivity contribution in [1.82, 2.24) is 5.32 Å². The van der Waals surface area contributed by atoms with Crippen molar-refractivity contribution in [1.29, 1.82) is 0 Å². The summed E-state index contributed by atoms with van der Waals surface area (Å²) in [7, 11) is 0. The van der Waals surface area contributed by atoms with Crippen LogP contribution in [0.2, 0.25) is 5.02 Å². The van der Waals surface area contributed by atoms with Crippen molar-refractivity contribution in [2.75, 3.05) is 5.32 Å². The molecule has 1 aliphatic rings. The highest BCUT2D eigenvalue weighted by Crippen LogP contribution is 2.20. The molecule has 110 valence electrons. The van der Waals surface area contributed by atoms with E-state index in [1.165, 1.54) is 44.9 Å². The molecule has 0 radical (unpaired) electrons. The Labute approximate surface area is 132 Å². The van der Waals surface area contributed by atoms with Gasteiger partial charge in [-0.1, -0.05) is 49.8 Å². The Morgan fingerprint density at radius 2 is 1.80 bits per heavy atom. The summed E-state index contributed by atoms with van der Waals surface area (Å²) in [5.41, 5.74) is 2.03. The van der Waals surface area contributed by atoms with Gasteiger partial charge in [0, 0.05) is 16.8 Å². The van der Waals surface area contributed by atoms with E-state index in [1.807, 2.05) is 25.1 Å². The highest BCUT2D eigenvalue weighted by atomic mass is 35.5. The first-order valence-electron chi connectivity index (χ1n) is 7.49. The van der Waals surface area contributed by atoms with Gasteiger partial charge in [0.15, 0.2) is 5.11 Å². The second-order valence-corrected chi connectivity index (χ2v) is 6.42. The van der Waals surface area contributed by atoms with Crippen LogP contribution in [0.5, 0.6) is 0 Å². The van der Waals surface area contributed by atoms with Crippen LogP contribution in [0.15, 0.2) is 18.2 Å². The number of hydrogen-bond acceptors (Lipinski definition) is 1. The van der Waals surface area contributed by atoms with Gasteiger partial charge in [0.2, 0.25) is 0 Å². The minimum Gasteiger partial charge on any atom is -0.360 e. The molecule has 0 aromatic heterocycles. The average molecular weight is 311 g/mol. The Morgan fingerprint density at radius 3 is 2.45 bits per heavy atom. The Morgan fingerprint density at radius 1 is 1.15 bits per heavy atom. The number of rotatable bonds is 2. The SMILES string of the molecule is Cc1ccc(NC(=S)NC2CCCCCCC2)cc1Cl. The molecule has 0 saturated heterocycles. The maximum Gasteiger partial charge on any atom is 0.170 e. The number of benzene rings is 1. The van der Waals surface area contributed by atoms with E-state index in [4.69, 9.17) is 23.8 Å². The van der Waals surface area contributed by atoms with Gasteiger partial charge in [-0.2, -0.15) is 0 Å². The Bertz CT molecular complexity index is 454. The lowest BCUT2D eigenvalue weighted by Gasteiger charge is -2.23. The fourth-order valence-electron chi connectivity index (χ4n) is 2.62. The van der Waals surface area contributed by atoms with Crippen molar-refractivity contribution >= 4 is 34.6 Å². The van der Waals surface area contributed by atoms with Gasteiger partial charge >= 0.3 is 0 Å². The molecule has 1 aliphatic carbocycles. The van der Waals surface area contributed by atoms with Crippen molar-refractivity contribution in [3.63, 3.8) is 0 Å². The first-order valence-corrected chi connectivity index (χ1v) is 8.27. The van der Waals surface area contributed by atoms with Gasteiger partial charge in [-0.05, 0) is 49.7 Å². The third-order valence-corrected chi connectivity index (χ3v) is 4.50. The second kappa shape index (κ2) is 7.84. The predicted octanol–water partition coefficient (Wildman–Crippen LogP) is 5.05. The van der Waals surface area contributed by atoms with Crippen LogP contribution in [0.4, 0.5) is 5.69 Å². The van der Waals surface area contributed by atoms with E-state index in [9.17, 15) is 0 Å². The molecule has 2 N–H and O–H groups in total. The summed E-state index contributed by atoms with van der Waals surface area (Å²) in [5, 5.41) is 8.15. The maximum absolute atomic E-state index is 6.13. The van der Waals surface area contributed by atoms with E-state index in [2.05, 4.69) is 10.6 Å². The number of aryl methyl sites for hydroxylation is 1. The van der Waals surface area contributed by atoms with E-state index in [1.54, 1.807) is 0 Å². The van der Waals surface area contributed by atoms with Gasteiger partial charge in [0.05, 0.1) is 0 Å². The zero-order chi connectivity index (χ0) is 14.4. The van der Waals surface area contributed by atoms with Crippen LogP contribution in [-0.2, 0) is 0 Å². The lowest BCUT2D eigenvalue weighted by atomic mass is 9.97. The first kappa shape index (κ1) is 15.6. The summed E-state index contributed by atoms with van der Waals surface area (Å²) in [4.78, 5) is 0. The molecule has 0 unspecified atom stereocenters. The van der Waals surface area contributed by atoms with Gasteiger partial charge in [-0.3, -0.25) is 0 Å². The molecule has 0 aliphatic heterocycles. The zero-order valence-corrected chi connectivity index (χ0v) is 13.6. The molecule has 4 heteroatoms. The van der Waals surface area contributed by atoms with Crippen molar-refractivity contribution in [2.45, 2.75) is 57.9 Å². The highest BCUT2D eigenvalue weighted by Gasteiger charge is 2.12. The quantitative estimate of drug-likeness (QED) is 0.748. The fraction of sp³-hybridized carbons (Fsp3) is 0.562. The summed E-state index contributed by atoms with van der Waals surface area (Å²) >= 11 is 11.5. The molecule has 2 nitrogen and oxygen atoms in total. The van der Waals surface area contributed by atoms with Gasteiger partial charge in [-0.15, -0.1) is 0 Å². The predicted molar refractivity (Wildman–Crippen MR) is 91.7 cm³/mol. The van der Waals surface area contributed by atoms with Crippen molar-refractivity contribution in [3.05, 3.63) is 28.8 Å². The van der Waals surface area contributed by atoms with E-state index in [0.29, 0.717) is 11.2 Å². The molecule has 0 bridgehead atoms. The molecule has 1 fully saturated rings. The summed E-state index contributed by atoms with van der Waals surface area (Å²) in [6.45, 7) is 2.00. The summed E-state index contributed by atoms with van der Waals surface area (Å²) in [6.07, 6.45) is 9.13. The number of anilines is 1. The van der Waals surface area contributed by atoms with Crippen LogP contribution in [-0.4, -0.2) is 11.2 Å². The van der Waals surface area contributed by atoms with Crippen LogP contribution in [0.3, 0.4) is 0 Å². The van der Waals surface area contributed by atoms with E-state index >= 15 is 0 Å². The molecular weight excluding hydrogens is 288 g/mol. The molecular formula is C16H23ClN2S. The van der Waals surface area contributed by atoms with Gasteiger partial charge in [0.25, 0.3) is 0 Å². The lowest BCUT2D eigenvalue weighted by molar-refractivity contribution is 0.430. The standard InChI is InChI=1S/C16H23ClN2S/c1-12-9-10-14(11-15(12)17)19-16(20)18-13-7-5-3-2-4-6-8-13/h9-11,13H,2-8H2,1H3,(H2,18,19,20). The molecule has 1 aromatic rings. The normalized spacial score (nSPS) is 17.1. The highest BCUT2D eigenvalue weighted by molar-refractivity contribution is 7.80. The minimum atomic E-state index is 0.510. The van der Waals surface area contributed by atoms with E-state index < -0.39 is 0 Å².